The quantitative estimate of drug-likeness (QED) is 0.583. The number of carbonyl (C=O) groups is 1. The Hall–Kier alpha value is -2.71. The fourth-order valence-electron chi connectivity index (χ4n) is 7.60. The Morgan fingerprint density at radius 3 is 2.31 bits per heavy atom. The Labute approximate surface area is 202 Å². The summed E-state index contributed by atoms with van der Waals surface area (Å²) in [6.45, 7) is 0.585. The number of anilines is 1. The molecule has 4 bridgehead atoms. The maximum Gasteiger partial charge on any atom is 0.410 e. The number of benzene rings is 1. The van der Waals surface area contributed by atoms with Crippen LogP contribution in [0.4, 0.5) is 19.0 Å². The van der Waals surface area contributed by atoms with Gasteiger partial charge in [-0.25, -0.2) is 4.68 Å². The fraction of sp³-hybridized carbons (Fsp3) is 0.615. The summed E-state index contributed by atoms with van der Waals surface area (Å²) < 4.78 is 48.1. The van der Waals surface area contributed by atoms with E-state index in [1.165, 1.54) is 25.3 Å². The van der Waals surface area contributed by atoms with Crippen LogP contribution in [0.5, 0.6) is 5.75 Å². The van der Waals surface area contributed by atoms with Gasteiger partial charge in [-0.3, -0.25) is 4.79 Å². The number of ether oxygens (including phenoxy) is 1. The first-order valence-electron chi connectivity index (χ1n) is 12.6. The van der Waals surface area contributed by atoms with E-state index < -0.39 is 24.2 Å². The van der Waals surface area contributed by atoms with Gasteiger partial charge in [-0.2, -0.15) is 18.3 Å². The minimum Gasteiger partial charge on any atom is -0.497 e. The zero-order chi connectivity index (χ0) is 24.4. The molecule has 2 heterocycles. The van der Waals surface area contributed by atoms with Crippen molar-refractivity contribution in [3.8, 4) is 5.75 Å². The van der Waals surface area contributed by atoms with Crippen molar-refractivity contribution in [2.45, 2.75) is 63.2 Å². The van der Waals surface area contributed by atoms with Crippen molar-refractivity contribution >= 4 is 11.7 Å². The number of nitrogens with zero attached hydrogens (tertiary/aromatic N) is 2. The van der Waals surface area contributed by atoms with E-state index in [4.69, 9.17) is 4.74 Å². The van der Waals surface area contributed by atoms with Crippen LogP contribution in [0.1, 0.15) is 73.1 Å². The highest BCUT2D eigenvalue weighted by Gasteiger charge is 2.51. The van der Waals surface area contributed by atoms with Crippen LogP contribution in [-0.2, 0) is 0 Å². The predicted molar refractivity (Wildman–Crippen MR) is 124 cm³/mol. The SMILES string of the molecule is COc1ccc([C@H]2C[C@@H](C(F)(F)F)n3nc(C(=O)NCC45CC6CC(CC(C6)C4)C5)cc3N2)cc1. The summed E-state index contributed by atoms with van der Waals surface area (Å²) in [5.41, 5.74) is 0.901. The zero-order valence-electron chi connectivity index (χ0n) is 19.8. The number of rotatable bonds is 5. The number of hydrogen-bond acceptors (Lipinski definition) is 4. The van der Waals surface area contributed by atoms with Crippen molar-refractivity contribution in [2.75, 3.05) is 19.0 Å². The second-order valence-electron chi connectivity index (χ2n) is 11.2. The van der Waals surface area contributed by atoms with Crippen LogP contribution in [0.25, 0.3) is 0 Å². The van der Waals surface area contributed by atoms with Crippen molar-refractivity contribution in [1.29, 1.82) is 0 Å². The van der Waals surface area contributed by atoms with Gasteiger partial charge < -0.3 is 15.4 Å². The number of fused-ring (bicyclic) bond motifs is 1. The maximum absolute atomic E-state index is 14.0. The molecule has 4 fully saturated rings. The van der Waals surface area contributed by atoms with Crippen LogP contribution >= 0.6 is 0 Å². The Morgan fingerprint density at radius 2 is 1.74 bits per heavy atom. The standard InChI is InChI=1S/C26H31F3N4O2/c1-35-19-4-2-18(3-5-19)20-9-22(26(27,28)29)33-23(31-20)10-21(32-33)24(34)30-14-25-11-15-6-16(12-25)8-17(7-15)13-25/h2-5,10,15-17,20,22,31H,6-9,11-14H2,1H3,(H,30,34)/t15?,16?,17?,20-,22+,25?/m1/s1. The number of alkyl halides is 3. The van der Waals surface area contributed by atoms with Crippen LogP contribution in [-0.4, -0.2) is 35.5 Å². The van der Waals surface area contributed by atoms with Crippen LogP contribution in [0.15, 0.2) is 30.3 Å². The summed E-state index contributed by atoms with van der Waals surface area (Å²) in [6, 6.07) is 6.06. The topological polar surface area (TPSA) is 68.2 Å². The molecule has 5 aliphatic rings. The molecule has 4 saturated carbocycles. The molecule has 2 N–H and O–H groups in total. The van der Waals surface area contributed by atoms with Gasteiger partial charge in [0, 0.05) is 19.0 Å². The van der Waals surface area contributed by atoms with Crippen molar-refractivity contribution < 1.29 is 22.7 Å². The lowest BCUT2D eigenvalue weighted by atomic mass is 9.49. The van der Waals surface area contributed by atoms with Crippen molar-refractivity contribution in [1.82, 2.24) is 15.1 Å². The van der Waals surface area contributed by atoms with E-state index in [1.54, 1.807) is 31.4 Å². The van der Waals surface area contributed by atoms with E-state index >= 15 is 0 Å². The van der Waals surface area contributed by atoms with Crippen LogP contribution < -0.4 is 15.4 Å². The minimum atomic E-state index is -4.49. The average Bonchev–Trinajstić information content (AvgIpc) is 3.25. The monoisotopic (exact) mass is 488 g/mol. The summed E-state index contributed by atoms with van der Waals surface area (Å²) in [5.74, 6) is 2.75. The predicted octanol–water partition coefficient (Wildman–Crippen LogP) is 5.50. The number of aromatic nitrogens is 2. The van der Waals surface area contributed by atoms with Crippen molar-refractivity contribution in [2.24, 2.45) is 23.2 Å². The third-order valence-electron chi connectivity index (χ3n) is 8.73. The molecule has 188 valence electrons. The lowest BCUT2D eigenvalue weighted by Crippen LogP contribution is -2.51. The average molecular weight is 489 g/mol. The Bertz CT molecular complexity index is 1080. The molecule has 7 rings (SSSR count). The Morgan fingerprint density at radius 1 is 1.11 bits per heavy atom. The first kappa shape index (κ1) is 22.7. The summed E-state index contributed by atoms with van der Waals surface area (Å²) in [7, 11) is 1.54. The molecule has 0 saturated heterocycles. The van der Waals surface area contributed by atoms with Crippen LogP contribution in [0.3, 0.4) is 0 Å². The number of carbonyl (C=O) groups excluding carboxylic acids is 1. The molecule has 2 atom stereocenters. The molecule has 1 aromatic heterocycles. The smallest absolute Gasteiger partial charge is 0.410 e. The van der Waals surface area contributed by atoms with Gasteiger partial charge in [-0.15, -0.1) is 0 Å². The Kier molecular flexibility index (Phi) is 5.30. The van der Waals surface area contributed by atoms with Gasteiger partial charge in [-0.05, 0) is 79.4 Å². The van der Waals surface area contributed by atoms with Gasteiger partial charge in [0.05, 0.1) is 13.2 Å². The largest absolute Gasteiger partial charge is 0.497 e. The molecule has 6 nitrogen and oxygen atoms in total. The highest BCUT2D eigenvalue weighted by Crippen LogP contribution is 2.59. The highest BCUT2D eigenvalue weighted by atomic mass is 19.4. The molecule has 4 aliphatic carbocycles. The summed E-state index contributed by atoms with van der Waals surface area (Å²) in [4.78, 5) is 13.0. The third-order valence-corrected chi connectivity index (χ3v) is 8.73. The van der Waals surface area contributed by atoms with Crippen molar-refractivity contribution in [3.63, 3.8) is 0 Å². The zero-order valence-corrected chi connectivity index (χ0v) is 19.8. The molecule has 1 aromatic carbocycles. The van der Waals surface area contributed by atoms with Gasteiger partial charge >= 0.3 is 6.18 Å². The van der Waals surface area contributed by atoms with Gasteiger partial charge in [0.2, 0.25) is 0 Å². The third kappa shape index (κ3) is 4.16. The number of methoxy groups -OCH3 is 1. The fourth-order valence-corrected chi connectivity index (χ4v) is 7.60. The van der Waals surface area contributed by atoms with Gasteiger partial charge in [0.15, 0.2) is 11.7 Å². The molecule has 9 heteroatoms. The van der Waals surface area contributed by atoms with E-state index in [-0.39, 0.29) is 23.3 Å². The molecule has 0 unspecified atom stereocenters. The maximum atomic E-state index is 14.0. The number of nitrogens with one attached hydrogen (secondary N) is 2. The van der Waals surface area contributed by atoms with Gasteiger partial charge in [0.25, 0.3) is 5.91 Å². The molecular formula is C26H31F3N4O2. The Balaban J connectivity index is 1.20. The molecule has 35 heavy (non-hydrogen) atoms. The molecule has 0 radical (unpaired) electrons. The lowest BCUT2D eigenvalue weighted by Gasteiger charge is -2.56. The van der Waals surface area contributed by atoms with Crippen LogP contribution in [0, 0.1) is 23.2 Å². The summed E-state index contributed by atoms with van der Waals surface area (Å²) in [5, 5.41) is 10.3. The number of halogens is 3. The van der Waals surface area contributed by atoms with E-state index in [1.807, 2.05) is 0 Å². The van der Waals surface area contributed by atoms with Crippen molar-refractivity contribution in [3.05, 3.63) is 41.6 Å². The van der Waals surface area contributed by atoms with E-state index in [0.29, 0.717) is 12.3 Å². The van der Waals surface area contributed by atoms with Gasteiger partial charge in [-0.1, -0.05) is 12.1 Å². The number of amides is 1. The normalized spacial score (nSPS) is 33.2. The highest BCUT2D eigenvalue weighted by molar-refractivity contribution is 5.93. The molecule has 0 spiro atoms. The second-order valence-corrected chi connectivity index (χ2v) is 11.2. The lowest BCUT2D eigenvalue weighted by molar-refractivity contribution is -0.173. The van der Waals surface area contributed by atoms with Crippen LogP contribution in [0.2, 0.25) is 0 Å². The number of hydrogen-bond donors (Lipinski definition) is 2. The molecule has 2 aromatic rings. The summed E-state index contributed by atoms with van der Waals surface area (Å²) >= 11 is 0. The first-order chi connectivity index (χ1) is 16.7. The molecule has 1 amide bonds. The minimum absolute atomic E-state index is 0.0295. The summed E-state index contributed by atoms with van der Waals surface area (Å²) in [6.07, 6.45) is 2.72. The van der Waals surface area contributed by atoms with Gasteiger partial charge in [0.1, 0.15) is 11.6 Å². The molecule has 1 aliphatic heterocycles. The first-order valence-corrected chi connectivity index (χ1v) is 12.6. The van der Waals surface area contributed by atoms with E-state index in [9.17, 15) is 18.0 Å². The second kappa shape index (κ2) is 8.17. The van der Waals surface area contributed by atoms with E-state index in [2.05, 4.69) is 15.7 Å². The molecular weight excluding hydrogens is 457 g/mol. The van der Waals surface area contributed by atoms with E-state index in [0.717, 1.165) is 47.3 Å².